The zero-order chi connectivity index (χ0) is 18.1. The van der Waals surface area contributed by atoms with Gasteiger partial charge in [0.15, 0.2) is 0 Å². The summed E-state index contributed by atoms with van der Waals surface area (Å²) in [6, 6.07) is 11.6. The van der Waals surface area contributed by atoms with Gasteiger partial charge in [-0.15, -0.1) is 0 Å². The Balaban J connectivity index is 2.23. The van der Waals surface area contributed by atoms with Crippen LogP contribution in [0.4, 0.5) is 0 Å². The molecule has 5 nitrogen and oxygen atoms in total. The van der Waals surface area contributed by atoms with Crippen molar-refractivity contribution in [1.82, 2.24) is 4.57 Å². The second-order valence-electron chi connectivity index (χ2n) is 6.01. The van der Waals surface area contributed by atoms with E-state index in [0.717, 1.165) is 22.2 Å². The van der Waals surface area contributed by atoms with Crippen molar-refractivity contribution in [3.8, 4) is 11.5 Å². The number of rotatable bonds is 4. The van der Waals surface area contributed by atoms with Crippen LogP contribution in [0.25, 0.3) is 10.9 Å². The van der Waals surface area contributed by atoms with Gasteiger partial charge in [-0.3, -0.25) is 14.2 Å². The average Bonchev–Trinajstić information content (AvgIpc) is 2.86. The first-order valence-electron chi connectivity index (χ1n) is 7.93. The maximum Gasteiger partial charge on any atom is 0.262 e. The zero-order valence-corrected chi connectivity index (χ0v) is 14.4. The molecule has 25 heavy (non-hydrogen) atoms. The van der Waals surface area contributed by atoms with Gasteiger partial charge in [0.25, 0.3) is 5.91 Å². The summed E-state index contributed by atoms with van der Waals surface area (Å²) in [4.78, 5) is 24.7. The Bertz CT molecular complexity index is 968. The van der Waals surface area contributed by atoms with Crippen LogP contribution in [-0.2, 0) is 11.2 Å². The molecule has 1 N–H and O–H groups in total. The van der Waals surface area contributed by atoms with E-state index in [-0.39, 0.29) is 23.9 Å². The van der Waals surface area contributed by atoms with Crippen molar-refractivity contribution in [3.05, 3.63) is 59.3 Å². The first-order valence-corrected chi connectivity index (χ1v) is 7.93. The van der Waals surface area contributed by atoms with Gasteiger partial charge in [-0.25, -0.2) is 0 Å². The lowest BCUT2D eigenvalue weighted by atomic mass is 10.1. The number of hydrogen-bond donors (Lipinski definition) is 1. The molecule has 0 aliphatic heterocycles. The summed E-state index contributed by atoms with van der Waals surface area (Å²) < 4.78 is 6.89. The van der Waals surface area contributed by atoms with Crippen molar-refractivity contribution < 1.29 is 19.4 Å². The van der Waals surface area contributed by atoms with Crippen molar-refractivity contribution in [1.29, 1.82) is 0 Å². The van der Waals surface area contributed by atoms with E-state index in [1.165, 1.54) is 19.1 Å². The Morgan fingerprint density at radius 1 is 1.12 bits per heavy atom. The van der Waals surface area contributed by atoms with Crippen LogP contribution in [0.3, 0.4) is 0 Å². The number of phenols is 1. The Kier molecular flexibility index (Phi) is 4.31. The highest BCUT2D eigenvalue weighted by molar-refractivity contribution is 6.05. The second-order valence-corrected chi connectivity index (χ2v) is 6.01. The smallest absolute Gasteiger partial charge is 0.262 e. The molecule has 1 aromatic heterocycles. The molecular formula is C20H19NO4. The van der Waals surface area contributed by atoms with E-state index in [1.807, 2.05) is 19.1 Å². The van der Waals surface area contributed by atoms with Gasteiger partial charge in [0.05, 0.1) is 12.6 Å². The van der Waals surface area contributed by atoms with Gasteiger partial charge < -0.3 is 9.84 Å². The number of benzene rings is 2. The van der Waals surface area contributed by atoms with Crippen LogP contribution in [-0.4, -0.2) is 28.5 Å². The lowest BCUT2D eigenvalue weighted by molar-refractivity contribution is -0.116. The van der Waals surface area contributed by atoms with Crippen molar-refractivity contribution in [3.63, 3.8) is 0 Å². The summed E-state index contributed by atoms with van der Waals surface area (Å²) >= 11 is 0. The fourth-order valence-corrected chi connectivity index (χ4v) is 3.06. The van der Waals surface area contributed by atoms with Crippen LogP contribution in [0.5, 0.6) is 11.5 Å². The maximum absolute atomic E-state index is 13.0. The molecule has 2 aromatic carbocycles. The number of nitrogens with zero attached hydrogens (tertiary/aromatic N) is 1. The molecule has 0 unspecified atom stereocenters. The molecule has 0 saturated carbocycles. The molecule has 0 amide bonds. The lowest BCUT2D eigenvalue weighted by Crippen LogP contribution is -2.14. The van der Waals surface area contributed by atoms with Gasteiger partial charge in [0.1, 0.15) is 17.3 Å². The minimum absolute atomic E-state index is 0.0297. The van der Waals surface area contributed by atoms with Gasteiger partial charge in [-0.1, -0.05) is 0 Å². The van der Waals surface area contributed by atoms with Crippen LogP contribution in [0, 0.1) is 6.92 Å². The number of carbonyl (C=O) groups is 2. The van der Waals surface area contributed by atoms with E-state index >= 15 is 0 Å². The largest absolute Gasteiger partial charge is 0.508 e. The first-order chi connectivity index (χ1) is 11.9. The molecule has 3 aromatic rings. The van der Waals surface area contributed by atoms with Crippen LogP contribution in [0.15, 0.2) is 42.5 Å². The Morgan fingerprint density at radius 3 is 2.40 bits per heavy atom. The minimum Gasteiger partial charge on any atom is -0.508 e. The first kappa shape index (κ1) is 16.8. The highest BCUT2D eigenvalue weighted by atomic mass is 16.5. The van der Waals surface area contributed by atoms with Crippen LogP contribution >= 0.6 is 0 Å². The number of ketones is 1. The molecule has 1 heterocycles. The number of methoxy groups -OCH3 is 1. The summed E-state index contributed by atoms with van der Waals surface area (Å²) in [6.07, 6.45) is 0.255. The van der Waals surface area contributed by atoms with Crippen molar-refractivity contribution >= 4 is 22.6 Å². The van der Waals surface area contributed by atoms with E-state index in [9.17, 15) is 14.7 Å². The standard InChI is InChI=1S/C20H19NO4/c1-12(22)10-17-13(2)21(19-9-8-16(25-3)11-18(17)19)20(24)14-4-6-15(23)7-5-14/h4-9,11,23H,10H2,1-3H3. The molecule has 0 aliphatic rings. The number of aromatic nitrogens is 1. The van der Waals surface area contributed by atoms with E-state index in [0.29, 0.717) is 11.3 Å². The quantitative estimate of drug-likeness (QED) is 0.791. The topological polar surface area (TPSA) is 68.5 Å². The van der Waals surface area contributed by atoms with Crippen LogP contribution in [0.2, 0.25) is 0 Å². The Hall–Kier alpha value is -3.08. The van der Waals surface area contributed by atoms with Gasteiger partial charge in [-0.05, 0) is 61.9 Å². The van der Waals surface area contributed by atoms with Gasteiger partial charge >= 0.3 is 0 Å². The molecule has 0 spiro atoms. The monoisotopic (exact) mass is 337 g/mol. The van der Waals surface area contributed by atoms with Crippen molar-refractivity contribution in [2.24, 2.45) is 0 Å². The molecule has 128 valence electrons. The van der Waals surface area contributed by atoms with Crippen LogP contribution in [0.1, 0.15) is 28.5 Å². The number of phenolic OH excluding ortho intramolecular Hbond substituents is 1. The van der Waals surface area contributed by atoms with Crippen LogP contribution < -0.4 is 4.74 Å². The third kappa shape index (κ3) is 3.01. The summed E-state index contributed by atoms with van der Waals surface area (Å²) in [7, 11) is 1.58. The Morgan fingerprint density at radius 2 is 1.80 bits per heavy atom. The minimum atomic E-state index is -0.206. The summed E-state index contributed by atoms with van der Waals surface area (Å²) in [5.41, 5.74) is 2.75. The number of Topliss-reactive ketones (excluding diaryl/α,β-unsaturated/α-hetero) is 1. The predicted octanol–water partition coefficient (Wildman–Crippen LogP) is 3.48. The number of hydrogen-bond acceptors (Lipinski definition) is 4. The number of carbonyl (C=O) groups excluding carboxylic acids is 2. The van der Waals surface area contributed by atoms with E-state index < -0.39 is 0 Å². The highest BCUT2D eigenvalue weighted by Crippen LogP contribution is 2.30. The molecule has 5 heteroatoms. The number of fused-ring (bicyclic) bond motifs is 1. The third-order valence-corrected chi connectivity index (χ3v) is 4.28. The zero-order valence-electron chi connectivity index (χ0n) is 14.4. The molecule has 0 fully saturated rings. The normalized spacial score (nSPS) is 10.8. The SMILES string of the molecule is COc1ccc2c(c1)c(CC(C)=O)c(C)n2C(=O)c1ccc(O)cc1. The fraction of sp³-hybridized carbons (Fsp3) is 0.200. The molecule has 0 bridgehead atoms. The van der Waals surface area contributed by atoms with E-state index in [4.69, 9.17) is 4.74 Å². The molecule has 0 aliphatic carbocycles. The summed E-state index contributed by atoms with van der Waals surface area (Å²) in [5.74, 6) is 0.601. The molecule has 0 atom stereocenters. The molecular weight excluding hydrogens is 318 g/mol. The van der Waals surface area contributed by atoms with Gasteiger partial charge in [0.2, 0.25) is 0 Å². The van der Waals surface area contributed by atoms with E-state index in [1.54, 1.807) is 29.9 Å². The predicted molar refractivity (Wildman–Crippen MR) is 95.4 cm³/mol. The van der Waals surface area contributed by atoms with Crippen molar-refractivity contribution in [2.75, 3.05) is 7.11 Å². The number of ether oxygens (including phenoxy) is 1. The number of aromatic hydroxyl groups is 1. The van der Waals surface area contributed by atoms with Crippen molar-refractivity contribution in [2.45, 2.75) is 20.3 Å². The van der Waals surface area contributed by atoms with Gasteiger partial charge in [0, 0.05) is 23.1 Å². The second kappa shape index (κ2) is 6.43. The van der Waals surface area contributed by atoms with Gasteiger partial charge in [-0.2, -0.15) is 0 Å². The maximum atomic E-state index is 13.0. The molecule has 0 radical (unpaired) electrons. The summed E-state index contributed by atoms with van der Waals surface area (Å²) in [6.45, 7) is 3.37. The summed E-state index contributed by atoms with van der Waals surface area (Å²) in [5, 5.41) is 10.3. The lowest BCUT2D eigenvalue weighted by Gasteiger charge is -2.08. The third-order valence-electron chi connectivity index (χ3n) is 4.28. The average molecular weight is 337 g/mol. The Labute approximate surface area is 145 Å². The molecule has 0 saturated heterocycles. The fourth-order valence-electron chi connectivity index (χ4n) is 3.06. The molecule has 3 rings (SSSR count). The van der Waals surface area contributed by atoms with E-state index in [2.05, 4.69) is 0 Å². The highest BCUT2D eigenvalue weighted by Gasteiger charge is 2.21.